The lowest BCUT2D eigenvalue weighted by Gasteiger charge is -2.61. The van der Waals surface area contributed by atoms with E-state index in [2.05, 4.69) is 30.6 Å². The number of hydrogen-bond acceptors (Lipinski definition) is 11. The number of halogens is 4. The molecule has 0 bridgehead atoms. The van der Waals surface area contributed by atoms with E-state index in [-0.39, 0.29) is 79.5 Å². The third kappa shape index (κ3) is 7.77. The van der Waals surface area contributed by atoms with Crippen molar-refractivity contribution in [3.63, 3.8) is 0 Å². The van der Waals surface area contributed by atoms with Crippen LogP contribution in [0, 0.1) is 11.2 Å². The number of aryl methyl sites for hydroxylation is 1. The number of nitrogens with one attached hydrogen (secondary N) is 2. The number of alkyl halides is 3. The lowest BCUT2D eigenvalue weighted by molar-refractivity contribution is -0.149. The van der Waals surface area contributed by atoms with Crippen LogP contribution in [0.25, 0.3) is 22.0 Å². The highest BCUT2D eigenvalue weighted by molar-refractivity contribution is 7.13. The molecule has 366 valence electrons. The van der Waals surface area contributed by atoms with Gasteiger partial charge in [0.2, 0.25) is 11.8 Å². The zero-order valence-electron chi connectivity index (χ0n) is 38.3. The van der Waals surface area contributed by atoms with E-state index in [4.69, 9.17) is 0 Å². The van der Waals surface area contributed by atoms with Gasteiger partial charge in [0.25, 0.3) is 17.7 Å². The number of urea groups is 1. The van der Waals surface area contributed by atoms with Crippen LogP contribution in [0.2, 0.25) is 0 Å². The Labute approximate surface area is 407 Å². The number of carbonyl (C=O) groups is 5. The van der Waals surface area contributed by atoms with Gasteiger partial charge in [0, 0.05) is 97.5 Å². The molecule has 6 aromatic rings. The number of hydrogen-bond donors (Lipinski definition) is 2. The predicted molar refractivity (Wildman–Crippen MR) is 252 cm³/mol. The Morgan fingerprint density at radius 2 is 1.77 bits per heavy atom. The summed E-state index contributed by atoms with van der Waals surface area (Å²) in [5, 5.41) is 12.1. The van der Waals surface area contributed by atoms with Gasteiger partial charge in [0.05, 0.1) is 49.6 Å². The fourth-order valence-electron chi connectivity index (χ4n) is 11.4. The number of likely N-dealkylation sites (tertiary alicyclic amines) is 2. The normalized spacial score (nSPS) is 21.8. The molecule has 1 spiro atoms. The number of fused-ring (bicyclic) bond motifs is 3. The number of imide groups is 1. The number of rotatable bonds is 10. The molecule has 2 N–H and O–H groups in total. The SMILES string of the molecule is Cn1nc(N2CCC(=O)NC2=O)c2ccc(C3CCN(CC(=O)N4CC5(C4)CN(c4ccc(-c6cc(F)c7c(c6)C(=O)N(C(C(=O)Nc6nccs6)c6ncn8c6C[C@@H](F)C8)C7)cc4)C5)CC3(F)F)cc21. The molecule has 12 rings (SSSR count). The van der Waals surface area contributed by atoms with Crippen LogP contribution >= 0.6 is 11.3 Å². The van der Waals surface area contributed by atoms with Crippen LogP contribution in [0.3, 0.4) is 0 Å². The van der Waals surface area contributed by atoms with E-state index in [0.29, 0.717) is 77.0 Å². The molecule has 9 heterocycles. The van der Waals surface area contributed by atoms with Crippen molar-refractivity contribution in [1.29, 1.82) is 0 Å². The standard InChI is InChI=1S/C49H46F4N12O5S/c1-59-37-16-28(4-7-32(37)43(58-59)64-12-9-39(66)56-47(64)70)35-8-11-60(25-49(35,52)53)20-40(67)63-23-48(24-63)21-62(22-48)31-5-2-27(3-6-31)29-14-33-34(36(51)15-29)19-65(45(33)69)42(44(68)57-46-54-10-13-71-46)41-38-17-30(50)18-61(38)26-55-41/h2-7,10,13-16,26,30,35,42H,8-9,11-12,17-25H2,1H3,(H,54,57,68)(H,56,66,70)/t30-,35?,42?/m1/s1. The number of benzene rings is 3. The molecule has 4 fully saturated rings. The molecule has 0 radical (unpaired) electrons. The van der Waals surface area contributed by atoms with E-state index < -0.39 is 54.3 Å². The molecule has 0 saturated carbocycles. The van der Waals surface area contributed by atoms with Crippen LogP contribution < -0.4 is 20.4 Å². The molecule has 6 aliphatic rings. The maximum absolute atomic E-state index is 16.0. The van der Waals surface area contributed by atoms with Gasteiger partial charge in [-0.2, -0.15) is 5.10 Å². The van der Waals surface area contributed by atoms with Gasteiger partial charge >= 0.3 is 6.03 Å². The molecular weight excluding hydrogens is 945 g/mol. The van der Waals surface area contributed by atoms with E-state index in [1.165, 1.54) is 44.6 Å². The van der Waals surface area contributed by atoms with E-state index >= 15 is 13.2 Å². The molecular formula is C49H46F4N12O5S. The second-order valence-electron chi connectivity index (χ2n) is 19.6. The molecule has 17 nitrogen and oxygen atoms in total. The smallest absolute Gasteiger partial charge is 0.329 e. The van der Waals surface area contributed by atoms with Crippen molar-refractivity contribution in [2.75, 3.05) is 67.5 Å². The summed E-state index contributed by atoms with van der Waals surface area (Å²) in [6.45, 7) is 2.21. The summed E-state index contributed by atoms with van der Waals surface area (Å²) in [6.07, 6.45) is 2.16. The average molecular weight is 991 g/mol. The topological polar surface area (TPSA) is 174 Å². The molecule has 22 heteroatoms. The van der Waals surface area contributed by atoms with Crippen LogP contribution in [0.5, 0.6) is 0 Å². The molecule has 3 atom stereocenters. The second-order valence-corrected chi connectivity index (χ2v) is 20.5. The number of carbonyl (C=O) groups excluding carboxylic acids is 5. The van der Waals surface area contributed by atoms with Crippen molar-refractivity contribution in [2.24, 2.45) is 12.5 Å². The lowest BCUT2D eigenvalue weighted by Crippen LogP contribution is -2.73. The van der Waals surface area contributed by atoms with Crippen molar-refractivity contribution in [2.45, 2.75) is 56.4 Å². The van der Waals surface area contributed by atoms with Crippen LogP contribution in [0.4, 0.5) is 39.0 Å². The fourth-order valence-corrected chi connectivity index (χ4v) is 11.9. The van der Waals surface area contributed by atoms with E-state index in [1.807, 2.05) is 24.3 Å². The van der Waals surface area contributed by atoms with Gasteiger partial charge in [0.1, 0.15) is 12.0 Å². The Hall–Kier alpha value is -7.20. The Morgan fingerprint density at radius 1 is 0.972 bits per heavy atom. The van der Waals surface area contributed by atoms with E-state index in [9.17, 15) is 28.4 Å². The summed E-state index contributed by atoms with van der Waals surface area (Å²) in [4.78, 5) is 82.3. The van der Waals surface area contributed by atoms with Crippen molar-refractivity contribution >= 4 is 68.5 Å². The highest BCUT2D eigenvalue weighted by Crippen LogP contribution is 2.45. The number of piperidine rings is 1. The maximum Gasteiger partial charge on any atom is 0.329 e. The first-order valence-electron chi connectivity index (χ1n) is 23.4. The largest absolute Gasteiger partial charge is 0.370 e. The minimum Gasteiger partial charge on any atom is -0.370 e. The average Bonchev–Trinajstić information content (AvgIpc) is 4.15. The van der Waals surface area contributed by atoms with Crippen molar-refractivity contribution in [3.8, 4) is 11.1 Å². The molecule has 6 aliphatic heterocycles. The number of aromatic nitrogens is 5. The van der Waals surface area contributed by atoms with Gasteiger partial charge in [-0.05, 0) is 66.1 Å². The Kier molecular flexibility index (Phi) is 10.6. The molecule has 2 unspecified atom stereocenters. The molecule has 3 aromatic carbocycles. The van der Waals surface area contributed by atoms with Crippen molar-refractivity contribution in [1.82, 2.24) is 44.3 Å². The maximum atomic E-state index is 16.0. The second kappa shape index (κ2) is 16.7. The Balaban J connectivity index is 0.653. The highest BCUT2D eigenvalue weighted by atomic mass is 32.1. The van der Waals surface area contributed by atoms with Crippen molar-refractivity contribution < 1.29 is 41.5 Å². The molecule has 4 saturated heterocycles. The van der Waals surface area contributed by atoms with Gasteiger partial charge in [-0.25, -0.2) is 32.3 Å². The summed E-state index contributed by atoms with van der Waals surface area (Å²) in [5.41, 5.74) is 4.08. The fraction of sp³-hybridized carbons (Fsp3) is 0.388. The number of nitrogens with zero attached hydrogens (tertiary/aromatic N) is 10. The molecule has 3 aromatic heterocycles. The summed E-state index contributed by atoms with van der Waals surface area (Å²) in [5.74, 6) is -6.10. The summed E-state index contributed by atoms with van der Waals surface area (Å²) >= 11 is 1.20. The first-order valence-corrected chi connectivity index (χ1v) is 24.3. The van der Waals surface area contributed by atoms with Gasteiger partial charge in [-0.15, -0.1) is 11.3 Å². The van der Waals surface area contributed by atoms with Gasteiger partial charge in [-0.1, -0.05) is 18.2 Å². The van der Waals surface area contributed by atoms with Crippen LogP contribution in [0.15, 0.2) is 72.5 Å². The molecule has 6 amide bonds. The first-order chi connectivity index (χ1) is 34.1. The van der Waals surface area contributed by atoms with Gasteiger partial charge in [-0.3, -0.25) is 44.3 Å². The van der Waals surface area contributed by atoms with Crippen LogP contribution in [-0.2, 0) is 40.9 Å². The van der Waals surface area contributed by atoms with E-state index in [0.717, 1.165) is 5.69 Å². The van der Waals surface area contributed by atoms with E-state index in [1.54, 1.807) is 50.8 Å². The lowest BCUT2D eigenvalue weighted by atomic mass is 9.72. The molecule has 71 heavy (non-hydrogen) atoms. The van der Waals surface area contributed by atoms with Gasteiger partial charge in [0.15, 0.2) is 17.0 Å². The monoisotopic (exact) mass is 990 g/mol. The Morgan fingerprint density at radius 3 is 2.52 bits per heavy atom. The first kappa shape index (κ1) is 45.0. The zero-order chi connectivity index (χ0) is 49.1. The molecule has 0 aliphatic carbocycles. The third-order valence-electron chi connectivity index (χ3n) is 14.9. The summed E-state index contributed by atoms with van der Waals surface area (Å²) in [7, 11) is 1.68. The number of amides is 6. The van der Waals surface area contributed by atoms with Crippen molar-refractivity contribution in [3.05, 3.63) is 106 Å². The predicted octanol–water partition coefficient (Wildman–Crippen LogP) is 5.48. The minimum atomic E-state index is -3.11. The quantitative estimate of drug-likeness (QED) is 0.167. The summed E-state index contributed by atoms with van der Waals surface area (Å²) in [6, 6.07) is 13.8. The number of thiazole rings is 1. The van der Waals surface area contributed by atoms with Crippen LogP contribution in [0.1, 0.15) is 57.7 Å². The number of anilines is 3. The number of imidazole rings is 1. The van der Waals surface area contributed by atoms with Crippen LogP contribution in [-0.4, -0.2) is 133 Å². The summed E-state index contributed by atoms with van der Waals surface area (Å²) < 4.78 is 65.4. The highest BCUT2D eigenvalue weighted by Gasteiger charge is 2.54. The zero-order valence-corrected chi connectivity index (χ0v) is 39.1. The Bertz CT molecular complexity index is 3180. The third-order valence-corrected chi connectivity index (χ3v) is 15.6. The minimum absolute atomic E-state index is 0.0387. The van der Waals surface area contributed by atoms with Gasteiger partial charge < -0.3 is 19.3 Å².